The summed E-state index contributed by atoms with van der Waals surface area (Å²) in [5.41, 5.74) is 0. The largest absolute Gasteiger partial charge is 0.337 e. The van der Waals surface area contributed by atoms with E-state index in [0.29, 0.717) is 6.54 Å². The van der Waals surface area contributed by atoms with Gasteiger partial charge in [0.25, 0.3) is 5.91 Å². The van der Waals surface area contributed by atoms with Gasteiger partial charge in [-0.05, 0) is 6.92 Å². The molecule has 0 radical (unpaired) electrons. The standard InChI is InChI=1S/C7H10BrF2NO/c1-2-11-4-5(3-8)7(9,10)6(11)12/h5H,2-4H2,1H3. The molecule has 0 spiro atoms. The van der Waals surface area contributed by atoms with Crippen molar-refractivity contribution in [2.75, 3.05) is 18.4 Å². The fourth-order valence-corrected chi connectivity index (χ4v) is 1.88. The van der Waals surface area contributed by atoms with Crippen molar-refractivity contribution in [3.8, 4) is 0 Å². The van der Waals surface area contributed by atoms with Crippen LogP contribution in [-0.4, -0.2) is 35.1 Å². The molecule has 1 unspecified atom stereocenters. The molecule has 5 heteroatoms. The monoisotopic (exact) mass is 241 g/mol. The molecule has 0 saturated carbocycles. The number of likely N-dealkylation sites (tertiary alicyclic amines) is 1. The minimum atomic E-state index is -3.17. The summed E-state index contributed by atoms with van der Waals surface area (Å²) in [6, 6.07) is 0. The first kappa shape index (κ1) is 9.89. The summed E-state index contributed by atoms with van der Waals surface area (Å²) in [5.74, 6) is -5.07. The van der Waals surface area contributed by atoms with Gasteiger partial charge < -0.3 is 4.90 Å². The molecule has 0 aromatic carbocycles. The molecule has 0 bridgehead atoms. The third-order valence-corrected chi connectivity index (χ3v) is 2.88. The van der Waals surface area contributed by atoms with Crippen LogP contribution in [-0.2, 0) is 4.79 Å². The van der Waals surface area contributed by atoms with E-state index in [2.05, 4.69) is 15.9 Å². The van der Waals surface area contributed by atoms with Crippen LogP contribution in [0.1, 0.15) is 6.92 Å². The molecule has 0 aromatic rings. The van der Waals surface area contributed by atoms with Gasteiger partial charge >= 0.3 is 5.92 Å². The Morgan fingerprint density at radius 3 is 2.58 bits per heavy atom. The van der Waals surface area contributed by atoms with Crippen molar-refractivity contribution >= 4 is 21.8 Å². The van der Waals surface area contributed by atoms with E-state index in [0.717, 1.165) is 0 Å². The summed E-state index contributed by atoms with van der Waals surface area (Å²) in [4.78, 5) is 12.2. The molecule has 1 aliphatic heterocycles. The molecule has 0 N–H and O–H groups in total. The van der Waals surface area contributed by atoms with Crippen LogP contribution in [0, 0.1) is 5.92 Å². The third kappa shape index (κ3) is 1.34. The zero-order valence-corrected chi connectivity index (χ0v) is 8.27. The Morgan fingerprint density at radius 1 is 1.75 bits per heavy atom. The highest BCUT2D eigenvalue weighted by atomic mass is 79.9. The number of carbonyl (C=O) groups is 1. The zero-order valence-electron chi connectivity index (χ0n) is 6.69. The molecule has 1 rings (SSSR count). The minimum Gasteiger partial charge on any atom is -0.337 e. The Hall–Kier alpha value is -0.190. The van der Waals surface area contributed by atoms with E-state index >= 15 is 0 Å². The molecule has 0 aliphatic carbocycles. The zero-order chi connectivity index (χ0) is 9.35. The highest BCUT2D eigenvalue weighted by Gasteiger charge is 2.54. The van der Waals surface area contributed by atoms with Gasteiger partial charge in [0, 0.05) is 18.4 Å². The fraction of sp³-hybridized carbons (Fsp3) is 0.857. The summed E-state index contributed by atoms with van der Waals surface area (Å²) in [6.07, 6.45) is 0. The van der Waals surface area contributed by atoms with Crippen molar-refractivity contribution < 1.29 is 13.6 Å². The average Bonchev–Trinajstić information content (AvgIpc) is 2.25. The maximum Gasteiger partial charge on any atom is 0.330 e. The fourth-order valence-electron chi connectivity index (χ4n) is 1.27. The summed E-state index contributed by atoms with van der Waals surface area (Å²) >= 11 is 2.98. The van der Waals surface area contributed by atoms with Crippen molar-refractivity contribution in [3.63, 3.8) is 0 Å². The van der Waals surface area contributed by atoms with Crippen molar-refractivity contribution in [3.05, 3.63) is 0 Å². The van der Waals surface area contributed by atoms with Crippen LogP contribution in [0.2, 0.25) is 0 Å². The molecule has 1 atom stereocenters. The average molecular weight is 242 g/mol. The Bertz CT molecular complexity index is 198. The van der Waals surface area contributed by atoms with Crippen LogP contribution in [0.25, 0.3) is 0 Å². The van der Waals surface area contributed by atoms with Crippen molar-refractivity contribution in [1.29, 1.82) is 0 Å². The van der Waals surface area contributed by atoms with Crippen LogP contribution >= 0.6 is 15.9 Å². The normalized spacial score (nSPS) is 28.2. The van der Waals surface area contributed by atoms with E-state index < -0.39 is 17.7 Å². The van der Waals surface area contributed by atoms with Gasteiger partial charge in [-0.15, -0.1) is 0 Å². The Morgan fingerprint density at radius 2 is 2.33 bits per heavy atom. The summed E-state index contributed by atoms with van der Waals surface area (Å²) in [7, 11) is 0. The number of hydrogen-bond donors (Lipinski definition) is 0. The van der Waals surface area contributed by atoms with Crippen LogP contribution in [0.15, 0.2) is 0 Å². The second kappa shape index (κ2) is 3.28. The quantitative estimate of drug-likeness (QED) is 0.672. The molecule has 0 aromatic heterocycles. The molecule has 1 saturated heterocycles. The van der Waals surface area contributed by atoms with E-state index in [1.165, 1.54) is 4.90 Å². The summed E-state index contributed by atoms with van der Waals surface area (Å²) in [6.45, 7) is 2.22. The number of nitrogens with zero attached hydrogens (tertiary/aromatic N) is 1. The van der Waals surface area contributed by atoms with Crippen LogP contribution in [0.4, 0.5) is 8.78 Å². The molecular formula is C7H10BrF2NO. The van der Waals surface area contributed by atoms with E-state index in [1.54, 1.807) is 6.92 Å². The van der Waals surface area contributed by atoms with Gasteiger partial charge in [0.05, 0.1) is 5.92 Å². The number of amides is 1. The van der Waals surface area contributed by atoms with Crippen molar-refractivity contribution in [2.24, 2.45) is 5.92 Å². The van der Waals surface area contributed by atoms with E-state index in [1.807, 2.05) is 0 Å². The molecule has 1 heterocycles. The van der Waals surface area contributed by atoms with Gasteiger partial charge in [-0.25, -0.2) is 0 Å². The van der Waals surface area contributed by atoms with Crippen LogP contribution in [0.3, 0.4) is 0 Å². The van der Waals surface area contributed by atoms with Gasteiger partial charge in [-0.3, -0.25) is 4.79 Å². The first-order chi connectivity index (χ1) is 5.54. The SMILES string of the molecule is CCN1CC(CBr)C(F)(F)C1=O. The molecule has 1 aliphatic rings. The lowest BCUT2D eigenvalue weighted by molar-refractivity contribution is -0.150. The van der Waals surface area contributed by atoms with Gasteiger partial charge in [-0.2, -0.15) is 8.78 Å². The predicted molar refractivity (Wildman–Crippen MR) is 44.5 cm³/mol. The first-order valence-electron chi connectivity index (χ1n) is 3.77. The Balaban J connectivity index is 2.80. The minimum absolute atomic E-state index is 0.160. The summed E-state index contributed by atoms with van der Waals surface area (Å²) < 4.78 is 26.0. The molecule has 70 valence electrons. The van der Waals surface area contributed by atoms with E-state index in [4.69, 9.17) is 0 Å². The lowest BCUT2D eigenvalue weighted by Gasteiger charge is -2.12. The molecule has 2 nitrogen and oxygen atoms in total. The first-order valence-corrected chi connectivity index (χ1v) is 4.89. The summed E-state index contributed by atoms with van der Waals surface area (Å²) in [5, 5.41) is 0.169. The lowest BCUT2D eigenvalue weighted by atomic mass is 10.1. The second-order valence-corrected chi connectivity index (χ2v) is 3.47. The maximum absolute atomic E-state index is 13.0. The number of rotatable bonds is 2. The molecule has 1 amide bonds. The van der Waals surface area contributed by atoms with Crippen LogP contribution < -0.4 is 0 Å². The predicted octanol–water partition coefficient (Wildman–Crippen LogP) is 1.49. The van der Waals surface area contributed by atoms with Gasteiger partial charge in [-0.1, -0.05) is 15.9 Å². The third-order valence-electron chi connectivity index (χ3n) is 2.09. The Labute approximate surface area is 78.0 Å². The van der Waals surface area contributed by atoms with Crippen LogP contribution in [0.5, 0.6) is 0 Å². The number of hydrogen-bond acceptors (Lipinski definition) is 1. The second-order valence-electron chi connectivity index (χ2n) is 2.82. The van der Waals surface area contributed by atoms with Gasteiger partial charge in [0.2, 0.25) is 0 Å². The maximum atomic E-state index is 13.0. The molecule has 1 fully saturated rings. The molecular weight excluding hydrogens is 232 g/mol. The van der Waals surface area contributed by atoms with Gasteiger partial charge in [0.15, 0.2) is 0 Å². The highest BCUT2D eigenvalue weighted by molar-refractivity contribution is 9.09. The number of alkyl halides is 3. The number of carbonyl (C=O) groups excluding carboxylic acids is 1. The lowest BCUT2D eigenvalue weighted by Crippen LogP contribution is -2.35. The van der Waals surface area contributed by atoms with Crippen molar-refractivity contribution in [1.82, 2.24) is 4.90 Å². The van der Waals surface area contributed by atoms with Gasteiger partial charge in [0.1, 0.15) is 0 Å². The number of halogens is 3. The van der Waals surface area contributed by atoms with E-state index in [9.17, 15) is 13.6 Å². The Kier molecular flexibility index (Phi) is 2.70. The highest BCUT2D eigenvalue weighted by Crippen LogP contribution is 2.35. The molecule has 12 heavy (non-hydrogen) atoms. The van der Waals surface area contributed by atoms with Crippen molar-refractivity contribution in [2.45, 2.75) is 12.8 Å². The van der Waals surface area contributed by atoms with E-state index in [-0.39, 0.29) is 11.9 Å². The smallest absolute Gasteiger partial charge is 0.330 e. The topological polar surface area (TPSA) is 20.3 Å².